The number of carbonyl (C=O) groups is 1. The van der Waals surface area contributed by atoms with Crippen LogP contribution in [0.2, 0.25) is 0 Å². The van der Waals surface area contributed by atoms with Crippen molar-refractivity contribution in [3.05, 3.63) is 27.7 Å². The van der Waals surface area contributed by atoms with E-state index >= 15 is 0 Å². The summed E-state index contributed by atoms with van der Waals surface area (Å²) in [6.07, 6.45) is -0.341. The van der Waals surface area contributed by atoms with Crippen molar-refractivity contribution in [2.75, 3.05) is 6.61 Å². The van der Waals surface area contributed by atoms with E-state index in [9.17, 15) is 4.79 Å². The van der Waals surface area contributed by atoms with Gasteiger partial charge in [0, 0.05) is 16.6 Å². The third-order valence-electron chi connectivity index (χ3n) is 2.47. The van der Waals surface area contributed by atoms with Gasteiger partial charge in [0.05, 0.1) is 0 Å². The van der Waals surface area contributed by atoms with Gasteiger partial charge in [-0.25, -0.2) is 4.79 Å². The zero-order valence-electron chi connectivity index (χ0n) is 10.8. The fourth-order valence-corrected chi connectivity index (χ4v) is 2.91. The standard InChI is InChI=1S/C13H18BrNO3/c1-13(2,3)11-9(14)6-8(4-5-16)7-10(11)18-12(15)17/h6-7,16H,4-5H2,1-3H3,(H2,15,17). The Kier molecular flexibility index (Phi) is 4.76. The SMILES string of the molecule is CC(C)(C)c1c(Br)cc(CCO)cc1OC(N)=O. The molecule has 0 aromatic heterocycles. The van der Waals surface area contributed by atoms with E-state index in [1.54, 1.807) is 6.07 Å². The minimum atomic E-state index is -0.839. The molecule has 0 atom stereocenters. The maximum Gasteiger partial charge on any atom is 0.409 e. The van der Waals surface area contributed by atoms with Crippen LogP contribution in [-0.4, -0.2) is 17.8 Å². The average Bonchev–Trinajstić information content (AvgIpc) is 2.13. The van der Waals surface area contributed by atoms with Crippen molar-refractivity contribution in [2.45, 2.75) is 32.6 Å². The Morgan fingerprint density at radius 2 is 2.06 bits per heavy atom. The van der Waals surface area contributed by atoms with Gasteiger partial charge in [0.15, 0.2) is 0 Å². The summed E-state index contributed by atoms with van der Waals surface area (Å²) >= 11 is 3.48. The highest BCUT2D eigenvalue weighted by molar-refractivity contribution is 9.10. The van der Waals surface area contributed by atoms with Crippen molar-refractivity contribution in [3.8, 4) is 5.75 Å². The number of rotatable bonds is 3. The van der Waals surface area contributed by atoms with Gasteiger partial charge in [0.1, 0.15) is 5.75 Å². The molecule has 1 rings (SSSR count). The monoisotopic (exact) mass is 315 g/mol. The number of aliphatic hydroxyl groups excluding tert-OH is 1. The molecule has 0 spiro atoms. The van der Waals surface area contributed by atoms with E-state index in [1.807, 2.05) is 26.8 Å². The zero-order valence-corrected chi connectivity index (χ0v) is 12.4. The Hall–Kier alpha value is -1.07. The number of hydrogen-bond acceptors (Lipinski definition) is 3. The van der Waals surface area contributed by atoms with Crippen LogP contribution >= 0.6 is 15.9 Å². The molecule has 3 N–H and O–H groups in total. The first-order valence-corrected chi connectivity index (χ1v) is 6.46. The topological polar surface area (TPSA) is 72.6 Å². The van der Waals surface area contributed by atoms with E-state index < -0.39 is 6.09 Å². The highest BCUT2D eigenvalue weighted by Crippen LogP contribution is 2.38. The summed E-state index contributed by atoms with van der Waals surface area (Å²) in [5.41, 5.74) is 6.65. The fourth-order valence-electron chi connectivity index (χ4n) is 1.83. The summed E-state index contributed by atoms with van der Waals surface area (Å²) in [6.45, 7) is 6.10. The number of ether oxygens (including phenoxy) is 1. The Morgan fingerprint density at radius 3 is 2.50 bits per heavy atom. The molecule has 0 unspecified atom stereocenters. The maximum absolute atomic E-state index is 11.0. The molecule has 0 aliphatic heterocycles. The number of nitrogens with two attached hydrogens (primary N) is 1. The van der Waals surface area contributed by atoms with Crippen LogP contribution in [0.1, 0.15) is 31.9 Å². The van der Waals surface area contributed by atoms with Gasteiger partial charge >= 0.3 is 6.09 Å². The van der Waals surface area contributed by atoms with Crippen LogP contribution < -0.4 is 10.5 Å². The predicted octanol–water partition coefficient (Wildman–Crippen LogP) is 2.74. The highest BCUT2D eigenvalue weighted by Gasteiger charge is 2.24. The summed E-state index contributed by atoms with van der Waals surface area (Å²) in [4.78, 5) is 11.0. The van der Waals surface area contributed by atoms with Crippen LogP contribution in [0.25, 0.3) is 0 Å². The minimum Gasteiger partial charge on any atom is -0.410 e. The summed E-state index contributed by atoms with van der Waals surface area (Å²) in [6, 6.07) is 3.66. The van der Waals surface area contributed by atoms with Crippen LogP contribution in [0.5, 0.6) is 5.75 Å². The molecule has 5 heteroatoms. The van der Waals surface area contributed by atoms with Crippen LogP contribution in [0.15, 0.2) is 16.6 Å². The second-order valence-corrected chi connectivity index (χ2v) is 5.95. The summed E-state index contributed by atoms with van der Waals surface area (Å²) in [7, 11) is 0. The zero-order chi connectivity index (χ0) is 13.9. The van der Waals surface area contributed by atoms with Gasteiger partial charge < -0.3 is 15.6 Å². The highest BCUT2D eigenvalue weighted by atomic mass is 79.9. The molecule has 100 valence electrons. The largest absolute Gasteiger partial charge is 0.410 e. The lowest BCUT2D eigenvalue weighted by atomic mass is 9.85. The third-order valence-corrected chi connectivity index (χ3v) is 3.10. The second kappa shape index (κ2) is 5.71. The van der Waals surface area contributed by atoms with Gasteiger partial charge in [-0.05, 0) is 29.5 Å². The van der Waals surface area contributed by atoms with E-state index in [1.165, 1.54) is 0 Å². The molecule has 0 heterocycles. The lowest BCUT2D eigenvalue weighted by Gasteiger charge is -2.24. The lowest BCUT2D eigenvalue weighted by Crippen LogP contribution is -2.21. The van der Waals surface area contributed by atoms with Gasteiger partial charge in [-0.1, -0.05) is 36.7 Å². The summed E-state index contributed by atoms with van der Waals surface area (Å²) in [5, 5.41) is 8.96. The quantitative estimate of drug-likeness (QED) is 0.900. The minimum absolute atomic E-state index is 0.0390. The van der Waals surface area contributed by atoms with Gasteiger partial charge in [-0.15, -0.1) is 0 Å². The predicted molar refractivity (Wildman–Crippen MR) is 73.8 cm³/mol. The normalized spacial score (nSPS) is 11.4. The number of amides is 1. The third kappa shape index (κ3) is 3.71. The van der Waals surface area contributed by atoms with Crippen molar-refractivity contribution in [1.82, 2.24) is 0 Å². The molecule has 0 saturated heterocycles. The molecule has 0 fully saturated rings. The van der Waals surface area contributed by atoms with Gasteiger partial charge in [-0.3, -0.25) is 0 Å². The first-order valence-electron chi connectivity index (χ1n) is 5.66. The number of halogens is 1. The molecule has 0 bridgehead atoms. The second-order valence-electron chi connectivity index (χ2n) is 5.10. The van der Waals surface area contributed by atoms with Gasteiger partial charge in [-0.2, -0.15) is 0 Å². The maximum atomic E-state index is 11.0. The van der Waals surface area contributed by atoms with Crippen molar-refractivity contribution < 1.29 is 14.6 Å². The molecule has 0 aliphatic rings. The molecule has 18 heavy (non-hydrogen) atoms. The summed E-state index contributed by atoms with van der Waals surface area (Å²) < 4.78 is 5.91. The Balaban J connectivity index is 3.35. The molecule has 0 radical (unpaired) electrons. The fraction of sp³-hybridized carbons (Fsp3) is 0.462. The summed E-state index contributed by atoms with van der Waals surface area (Å²) in [5.74, 6) is 0.438. The van der Waals surface area contributed by atoms with E-state index in [0.29, 0.717) is 12.2 Å². The molecule has 4 nitrogen and oxygen atoms in total. The van der Waals surface area contributed by atoms with E-state index in [-0.39, 0.29) is 12.0 Å². The van der Waals surface area contributed by atoms with Crippen LogP contribution in [-0.2, 0) is 11.8 Å². The van der Waals surface area contributed by atoms with Crippen molar-refractivity contribution in [2.24, 2.45) is 5.73 Å². The number of aliphatic hydroxyl groups is 1. The Labute approximate surface area is 115 Å². The van der Waals surface area contributed by atoms with Crippen molar-refractivity contribution in [1.29, 1.82) is 0 Å². The first-order chi connectivity index (χ1) is 8.25. The molecular weight excluding hydrogens is 298 g/mol. The molecule has 0 saturated carbocycles. The average molecular weight is 316 g/mol. The number of carbonyl (C=O) groups excluding carboxylic acids is 1. The van der Waals surface area contributed by atoms with E-state index in [4.69, 9.17) is 15.6 Å². The molecular formula is C13H18BrNO3. The Bertz CT molecular complexity index is 452. The Morgan fingerprint density at radius 1 is 1.44 bits per heavy atom. The smallest absolute Gasteiger partial charge is 0.409 e. The number of primary amides is 1. The van der Waals surface area contributed by atoms with E-state index in [0.717, 1.165) is 15.6 Å². The van der Waals surface area contributed by atoms with Crippen molar-refractivity contribution >= 4 is 22.0 Å². The van der Waals surface area contributed by atoms with Crippen LogP contribution in [0.4, 0.5) is 4.79 Å². The van der Waals surface area contributed by atoms with Crippen molar-refractivity contribution in [3.63, 3.8) is 0 Å². The molecule has 1 aromatic carbocycles. The van der Waals surface area contributed by atoms with Crippen LogP contribution in [0, 0.1) is 0 Å². The lowest BCUT2D eigenvalue weighted by molar-refractivity contribution is 0.210. The van der Waals surface area contributed by atoms with Crippen LogP contribution in [0.3, 0.4) is 0 Å². The van der Waals surface area contributed by atoms with E-state index in [2.05, 4.69) is 15.9 Å². The van der Waals surface area contributed by atoms with Gasteiger partial charge in [0.25, 0.3) is 0 Å². The molecule has 1 amide bonds. The number of hydrogen-bond donors (Lipinski definition) is 2. The number of benzene rings is 1. The molecule has 1 aromatic rings. The molecule has 0 aliphatic carbocycles. The first kappa shape index (κ1) is 15.0. The van der Waals surface area contributed by atoms with Gasteiger partial charge in [0.2, 0.25) is 0 Å².